The fourth-order valence-corrected chi connectivity index (χ4v) is 2.22. The van der Waals surface area contributed by atoms with Crippen LogP contribution in [-0.4, -0.2) is 16.1 Å². The molecule has 6 nitrogen and oxygen atoms in total. The van der Waals surface area contributed by atoms with Crippen molar-refractivity contribution < 1.29 is 9.21 Å². The predicted molar refractivity (Wildman–Crippen MR) is 72.8 cm³/mol. The number of hydrogen-bond acceptors (Lipinski definition) is 4. The average Bonchev–Trinajstić information content (AvgIpc) is 2.73. The Morgan fingerprint density at radius 1 is 1.40 bits per heavy atom. The van der Waals surface area contributed by atoms with Crippen LogP contribution in [-0.2, 0) is 0 Å². The van der Waals surface area contributed by atoms with Crippen LogP contribution < -0.4 is 10.7 Å². The maximum Gasteiger partial charge on any atom is 0.292 e. The number of rotatable bonds is 3. The molecule has 0 unspecified atom stereocenters. The molecule has 104 valence electrons. The van der Waals surface area contributed by atoms with E-state index < -0.39 is 5.91 Å². The molecule has 0 aromatic carbocycles. The van der Waals surface area contributed by atoms with Crippen LogP contribution in [0.1, 0.15) is 47.2 Å². The molecule has 2 aromatic heterocycles. The van der Waals surface area contributed by atoms with Crippen LogP contribution in [0.4, 0.5) is 5.82 Å². The van der Waals surface area contributed by atoms with Gasteiger partial charge in [-0.3, -0.25) is 14.7 Å². The molecule has 0 radical (unpaired) electrons. The van der Waals surface area contributed by atoms with Gasteiger partial charge in [0.1, 0.15) is 5.76 Å². The Kier molecular flexibility index (Phi) is 3.14. The summed E-state index contributed by atoms with van der Waals surface area (Å²) in [6.07, 6.45) is 3.55. The van der Waals surface area contributed by atoms with E-state index in [0.717, 1.165) is 18.5 Å². The standard InChI is InChI=1S/C14H15N3O3/c1-8-5-10(18)6-12(20-8)14(19)15-13-7-11(16-17-13)9-3-2-4-9/h5-7,9H,2-4H2,1H3,(H2,15,16,17,19). The molecule has 3 rings (SSSR count). The van der Waals surface area contributed by atoms with Gasteiger partial charge in [-0.2, -0.15) is 5.10 Å². The lowest BCUT2D eigenvalue weighted by atomic mass is 9.83. The second-order valence-electron chi connectivity index (χ2n) is 5.06. The summed E-state index contributed by atoms with van der Waals surface area (Å²) in [5, 5.41) is 9.61. The Morgan fingerprint density at radius 3 is 2.85 bits per heavy atom. The van der Waals surface area contributed by atoms with Gasteiger partial charge in [-0.1, -0.05) is 6.42 Å². The summed E-state index contributed by atoms with van der Waals surface area (Å²) in [7, 11) is 0. The van der Waals surface area contributed by atoms with Crippen LogP contribution >= 0.6 is 0 Å². The number of carbonyl (C=O) groups is 1. The highest BCUT2D eigenvalue weighted by Gasteiger charge is 2.22. The number of nitrogens with zero attached hydrogens (tertiary/aromatic N) is 1. The largest absolute Gasteiger partial charge is 0.456 e. The first-order valence-corrected chi connectivity index (χ1v) is 6.60. The number of aryl methyl sites for hydroxylation is 1. The third kappa shape index (κ3) is 2.49. The minimum absolute atomic E-state index is 0.0109. The topological polar surface area (TPSA) is 88.0 Å². The van der Waals surface area contributed by atoms with E-state index >= 15 is 0 Å². The van der Waals surface area contributed by atoms with Crippen molar-refractivity contribution in [2.75, 3.05) is 5.32 Å². The van der Waals surface area contributed by atoms with Crippen LogP contribution in [0.15, 0.2) is 27.4 Å². The van der Waals surface area contributed by atoms with Gasteiger partial charge < -0.3 is 9.73 Å². The van der Waals surface area contributed by atoms with Crippen LogP contribution in [0.3, 0.4) is 0 Å². The molecular weight excluding hydrogens is 258 g/mol. The predicted octanol–water partition coefficient (Wildman–Crippen LogP) is 2.19. The monoisotopic (exact) mass is 273 g/mol. The summed E-state index contributed by atoms with van der Waals surface area (Å²) in [6, 6.07) is 4.33. The third-order valence-electron chi connectivity index (χ3n) is 3.50. The molecule has 2 N–H and O–H groups in total. The van der Waals surface area contributed by atoms with Gasteiger partial charge in [0.2, 0.25) is 0 Å². The van der Waals surface area contributed by atoms with Gasteiger partial charge in [0, 0.05) is 29.8 Å². The molecular formula is C14H15N3O3. The van der Waals surface area contributed by atoms with Crippen molar-refractivity contribution in [3.05, 3.63) is 45.6 Å². The van der Waals surface area contributed by atoms with Crippen molar-refractivity contribution in [2.45, 2.75) is 32.1 Å². The zero-order valence-corrected chi connectivity index (χ0v) is 11.1. The third-order valence-corrected chi connectivity index (χ3v) is 3.50. The van der Waals surface area contributed by atoms with E-state index in [1.165, 1.54) is 18.6 Å². The molecule has 0 bridgehead atoms. The number of carbonyl (C=O) groups excluding carboxylic acids is 1. The lowest BCUT2D eigenvalue weighted by Gasteiger charge is -2.23. The van der Waals surface area contributed by atoms with E-state index in [1.54, 1.807) is 6.92 Å². The van der Waals surface area contributed by atoms with Gasteiger partial charge in [0.25, 0.3) is 5.91 Å². The van der Waals surface area contributed by atoms with Crippen molar-refractivity contribution in [1.29, 1.82) is 0 Å². The van der Waals surface area contributed by atoms with Crippen molar-refractivity contribution in [3.8, 4) is 0 Å². The van der Waals surface area contributed by atoms with Crippen molar-refractivity contribution in [1.82, 2.24) is 10.2 Å². The van der Waals surface area contributed by atoms with Gasteiger partial charge in [0.05, 0.1) is 0 Å². The summed E-state index contributed by atoms with van der Waals surface area (Å²) in [4.78, 5) is 23.3. The fraction of sp³-hybridized carbons (Fsp3) is 0.357. The summed E-state index contributed by atoms with van der Waals surface area (Å²) in [6.45, 7) is 1.63. The number of nitrogens with one attached hydrogen (secondary N) is 2. The van der Waals surface area contributed by atoms with Crippen LogP contribution in [0.5, 0.6) is 0 Å². The van der Waals surface area contributed by atoms with Crippen LogP contribution in [0.25, 0.3) is 0 Å². The summed E-state index contributed by atoms with van der Waals surface area (Å²) in [5.41, 5.74) is 0.785. The van der Waals surface area contributed by atoms with Crippen molar-refractivity contribution in [3.63, 3.8) is 0 Å². The van der Waals surface area contributed by atoms with Crippen LogP contribution in [0, 0.1) is 6.92 Å². The Hall–Kier alpha value is -2.37. The Bertz CT molecular complexity index is 698. The number of H-pyrrole nitrogens is 1. The Morgan fingerprint density at radius 2 is 2.20 bits per heavy atom. The second kappa shape index (κ2) is 4.96. The fourth-order valence-electron chi connectivity index (χ4n) is 2.22. The number of anilines is 1. The summed E-state index contributed by atoms with van der Waals surface area (Å²) in [5.74, 6) is 0.881. The smallest absolute Gasteiger partial charge is 0.292 e. The van der Waals surface area contributed by atoms with Crippen molar-refractivity contribution >= 4 is 11.7 Å². The first kappa shape index (κ1) is 12.7. The van der Waals surface area contributed by atoms with E-state index in [9.17, 15) is 9.59 Å². The zero-order chi connectivity index (χ0) is 14.1. The molecule has 2 heterocycles. The van der Waals surface area contributed by atoms with Gasteiger partial charge in [-0.25, -0.2) is 0 Å². The van der Waals surface area contributed by atoms with E-state index in [0.29, 0.717) is 17.5 Å². The van der Waals surface area contributed by atoms with E-state index in [-0.39, 0.29) is 11.2 Å². The van der Waals surface area contributed by atoms with E-state index in [4.69, 9.17) is 4.42 Å². The number of aromatic amines is 1. The van der Waals surface area contributed by atoms with E-state index in [2.05, 4.69) is 15.5 Å². The normalized spacial score (nSPS) is 14.8. The summed E-state index contributed by atoms with van der Waals surface area (Å²) >= 11 is 0. The number of aromatic nitrogens is 2. The lowest BCUT2D eigenvalue weighted by molar-refractivity contribution is 0.0992. The molecule has 6 heteroatoms. The highest BCUT2D eigenvalue weighted by atomic mass is 16.3. The Labute approximate surface area is 115 Å². The van der Waals surface area contributed by atoms with Crippen LogP contribution in [0.2, 0.25) is 0 Å². The maximum absolute atomic E-state index is 12.0. The molecule has 0 atom stereocenters. The first-order valence-electron chi connectivity index (χ1n) is 6.60. The quantitative estimate of drug-likeness (QED) is 0.897. The van der Waals surface area contributed by atoms with Gasteiger partial charge in [-0.15, -0.1) is 0 Å². The molecule has 1 fully saturated rings. The molecule has 1 aliphatic carbocycles. The van der Waals surface area contributed by atoms with Crippen molar-refractivity contribution in [2.24, 2.45) is 0 Å². The molecule has 0 aliphatic heterocycles. The minimum atomic E-state index is -0.475. The first-order chi connectivity index (χ1) is 9.61. The van der Waals surface area contributed by atoms with E-state index in [1.807, 2.05) is 6.07 Å². The summed E-state index contributed by atoms with van der Waals surface area (Å²) < 4.78 is 5.23. The maximum atomic E-state index is 12.0. The molecule has 1 aliphatic rings. The molecule has 1 saturated carbocycles. The van der Waals surface area contributed by atoms with Gasteiger partial charge >= 0.3 is 0 Å². The molecule has 1 amide bonds. The SMILES string of the molecule is Cc1cc(=O)cc(C(=O)Nc2cc(C3CCC3)[nH]n2)o1. The number of amides is 1. The second-order valence-corrected chi connectivity index (χ2v) is 5.06. The zero-order valence-electron chi connectivity index (χ0n) is 11.1. The highest BCUT2D eigenvalue weighted by Crippen LogP contribution is 2.35. The highest BCUT2D eigenvalue weighted by molar-refractivity contribution is 6.01. The van der Waals surface area contributed by atoms with Gasteiger partial charge in [-0.05, 0) is 19.8 Å². The van der Waals surface area contributed by atoms with Gasteiger partial charge in [0.15, 0.2) is 17.0 Å². The molecule has 20 heavy (non-hydrogen) atoms. The Balaban J connectivity index is 1.74. The minimum Gasteiger partial charge on any atom is -0.456 e. The molecule has 0 spiro atoms. The average molecular weight is 273 g/mol. The lowest BCUT2D eigenvalue weighted by Crippen LogP contribution is -2.15. The molecule has 0 saturated heterocycles. The number of hydrogen-bond donors (Lipinski definition) is 2. The molecule has 2 aromatic rings.